The molecule has 0 atom stereocenters. The summed E-state index contributed by atoms with van der Waals surface area (Å²) >= 11 is 6.01. The molecule has 0 heterocycles. The second kappa shape index (κ2) is 8.25. The summed E-state index contributed by atoms with van der Waals surface area (Å²) in [6, 6.07) is 5.22. The molecule has 1 saturated carbocycles. The van der Waals surface area contributed by atoms with Crippen LogP contribution in [-0.4, -0.2) is 25.1 Å². The van der Waals surface area contributed by atoms with E-state index in [0.29, 0.717) is 29.4 Å². The number of amides is 1. The van der Waals surface area contributed by atoms with Gasteiger partial charge < -0.3 is 15.8 Å². The van der Waals surface area contributed by atoms with Crippen LogP contribution in [0.15, 0.2) is 18.2 Å². The number of hydrogen-bond acceptors (Lipinski definition) is 3. The summed E-state index contributed by atoms with van der Waals surface area (Å²) < 4.78 is 5.97. The van der Waals surface area contributed by atoms with E-state index in [-0.39, 0.29) is 12.0 Å². The van der Waals surface area contributed by atoms with Gasteiger partial charge in [-0.05, 0) is 63.3 Å². The lowest BCUT2D eigenvalue weighted by molar-refractivity contribution is 0.0945. The molecule has 1 aliphatic carbocycles. The van der Waals surface area contributed by atoms with Crippen LogP contribution in [0.5, 0.6) is 5.75 Å². The Bertz CT molecular complexity index is 473. The van der Waals surface area contributed by atoms with Crippen LogP contribution in [-0.2, 0) is 0 Å². The first-order chi connectivity index (χ1) is 10.2. The zero-order valence-electron chi connectivity index (χ0n) is 12.2. The van der Waals surface area contributed by atoms with Gasteiger partial charge in [0.05, 0.1) is 11.7 Å². The number of ether oxygens (including phenoxy) is 1. The predicted molar refractivity (Wildman–Crippen MR) is 85.0 cm³/mol. The van der Waals surface area contributed by atoms with Crippen LogP contribution in [0, 0.1) is 0 Å². The highest BCUT2D eigenvalue weighted by molar-refractivity contribution is 6.31. The molecule has 0 unspecified atom stereocenters. The average molecular weight is 311 g/mol. The molecular weight excluding hydrogens is 288 g/mol. The highest BCUT2D eigenvalue weighted by Gasteiger charge is 2.20. The summed E-state index contributed by atoms with van der Waals surface area (Å²) in [4.78, 5) is 12.3. The lowest BCUT2D eigenvalue weighted by atomic mass is 10.1. The minimum Gasteiger partial charge on any atom is -0.490 e. The lowest BCUT2D eigenvalue weighted by Crippen LogP contribution is -2.26. The number of carbonyl (C=O) groups excluding carboxylic acids is 1. The van der Waals surface area contributed by atoms with Gasteiger partial charge in [-0.25, -0.2) is 0 Å². The molecule has 116 valence electrons. The zero-order valence-corrected chi connectivity index (χ0v) is 13.0. The summed E-state index contributed by atoms with van der Waals surface area (Å²) in [5, 5.41) is 3.44. The summed E-state index contributed by atoms with van der Waals surface area (Å²) in [5.74, 6) is 0.491. The van der Waals surface area contributed by atoms with E-state index >= 15 is 0 Å². The number of hydrogen-bond donors (Lipinski definition) is 2. The Kier molecular flexibility index (Phi) is 6.33. The molecule has 1 amide bonds. The molecule has 1 aromatic carbocycles. The van der Waals surface area contributed by atoms with Crippen LogP contribution in [0.2, 0.25) is 5.02 Å². The van der Waals surface area contributed by atoms with Gasteiger partial charge in [0.1, 0.15) is 5.75 Å². The van der Waals surface area contributed by atoms with E-state index in [1.54, 1.807) is 18.2 Å². The van der Waals surface area contributed by atoms with Gasteiger partial charge in [-0.3, -0.25) is 4.79 Å². The summed E-state index contributed by atoms with van der Waals surface area (Å²) in [5.41, 5.74) is 5.96. The highest BCUT2D eigenvalue weighted by atomic mass is 35.5. The van der Waals surface area contributed by atoms with Gasteiger partial charge in [0.15, 0.2) is 0 Å². The largest absolute Gasteiger partial charge is 0.490 e. The second-order valence-corrected chi connectivity index (χ2v) is 5.85. The number of nitrogens with two attached hydrogens (primary N) is 1. The van der Waals surface area contributed by atoms with Crippen molar-refractivity contribution in [1.29, 1.82) is 0 Å². The molecule has 1 aromatic rings. The number of halogens is 1. The number of nitrogens with one attached hydrogen (secondary N) is 1. The van der Waals surface area contributed by atoms with Crippen molar-refractivity contribution in [3.8, 4) is 5.75 Å². The minimum absolute atomic E-state index is 0.137. The van der Waals surface area contributed by atoms with E-state index in [9.17, 15) is 4.79 Å². The first kappa shape index (κ1) is 16.1. The Labute approximate surface area is 131 Å². The molecule has 1 aliphatic rings. The number of unbranched alkanes of at least 4 members (excludes halogenated alkanes) is 1. The van der Waals surface area contributed by atoms with E-state index in [0.717, 1.165) is 25.7 Å². The van der Waals surface area contributed by atoms with Gasteiger partial charge in [-0.15, -0.1) is 0 Å². The van der Waals surface area contributed by atoms with Crippen molar-refractivity contribution in [2.75, 3.05) is 13.1 Å². The molecular formula is C16H23ClN2O2. The third-order valence-corrected chi connectivity index (χ3v) is 3.93. The van der Waals surface area contributed by atoms with Crippen molar-refractivity contribution in [2.45, 2.75) is 44.6 Å². The standard InChI is InChI=1S/C16H23ClN2O2/c17-12-7-8-15(21-13-5-1-2-6-13)14(11-12)16(20)19-10-4-3-9-18/h7-8,11,13H,1-6,9-10,18H2,(H,19,20). The Balaban J connectivity index is 2.01. The number of carbonyl (C=O) groups is 1. The molecule has 0 spiro atoms. The first-order valence-corrected chi connectivity index (χ1v) is 8.03. The van der Waals surface area contributed by atoms with E-state index < -0.39 is 0 Å². The monoisotopic (exact) mass is 310 g/mol. The number of benzene rings is 1. The van der Waals surface area contributed by atoms with Crippen LogP contribution >= 0.6 is 11.6 Å². The van der Waals surface area contributed by atoms with Gasteiger partial charge in [-0.2, -0.15) is 0 Å². The SMILES string of the molecule is NCCCCNC(=O)c1cc(Cl)ccc1OC1CCCC1. The molecule has 0 radical (unpaired) electrons. The van der Waals surface area contributed by atoms with Gasteiger partial charge in [0.25, 0.3) is 5.91 Å². The lowest BCUT2D eigenvalue weighted by Gasteiger charge is -2.16. The molecule has 1 fully saturated rings. The normalized spacial score (nSPS) is 15.1. The fourth-order valence-electron chi connectivity index (χ4n) is 2.53. The van der Waals surface area contributed by atoms with E-state index in [1.165, 1.54) is 12.8 Å². The molecule has 0 aliphatic heterocycles. The quantitative estimate of drug-likeness (QED) is 0.760. The third-order valence-electron chi connectivity index (χ3n) is 3.70. The van der Waals surface area contributed by atoms with Crippen molar-refractivity contribution >= 4 is 17.5 Å². The molecule has 0 bridgehead atoms. The van der Waals surface area contributed by atoms with Crippen LogP contribution in [0.25, 0.3) is 0 Å². The Morgan fingerprint density at radius 3 is 2.81 bits per heavy atom. The van der Waals surface area contributed by atoms with Crippen LogP contribution < -0.4 is 15.8 Å². The molecule has 0 aromatic heterocycles. The third kappa shape index (κ3) is 4.90. The Hall–Kier alpha value is -1.26. The van der Waals surface area contributed by atoms with E-state index in [2.05, 4.69) is 5.32 Å². The summed E-state index contributed by atoms with van der Waals surface area (Å²) in [6.45, 7) is 1.26. The molecule has 0 saturated heterocycles. The molecule has 21 heavy (non-hydrogen) atoms. The molecule has 2 rings (SSSR count). The molecule has 3 N–H and O–H groups in total. The van der Waals surface area contributed by atoms with Crippen LogP contribution in [0.1, 0.15) is 48.9 Å². The topological polar surface area (TPSA) is 64.3 Å². The van der Waals surface area contributed by atoms with Crippen LogP contribution in [0.4, 0.5) is 0 Å². The van der Waals surface area contributed by atoms with E-state index in [4.69, 9.17) is 22.1 Å². The first-order valence-electron chi connectivity index (χ1n) is 7.65. The van der Waals surface area contributed by atoms with Gasteiger partial charge in [-0.1, -0.05) is 11.6 Å². The average Bonchev–Trinajstić information content (AvgIpc) is 2.98. The van der Waals surface area contributed by atoms with Gasteiger partial charge in [0, 0.05) is 11.6 Å². The Morgan fingerprint density at radius 1 is 1.33 bits per heavy atom. The predicted octanol–water partition coefficient (Wildman–Crippen LogP) is 3.13. The van der Waals surface area contributed by atoms with E-state index in [1.807, 2.05) is 0 Å². The van der Waals surface area contributed by atoms with Crippen molar-refractivity contribution < 1.29 is 9.53 Å². The minimum atomic E-state index is -0.137. The van der Waals surface area contributed by atoms with Crippen molar-refractivity contribution in [3.63, 3.8) is 0 Å². The smallest absolute Gasteiger partial charge is 0.255 e. The second-order valence-electron chi connectivity index (χ2n) is 5.42. The van der Waals surface area contributed by atoms with Crippen LogP contribution in [0.3, 0.4) is 0 Å². The Morgan fingerprint density at radius 2 is 2.10 bits per heavy atom. The maximum atomic E-state index is 12.3. The van der Waals surface area contributed by atoms with Gasteiger partial charge in [0.2, 0.25) is 0 Å². The van der Waals surface area contributed by atoms with Crippen molar-refractivity contribution in [1.82, 2.24) is 5.32 Å². The highest BCUT2D eigenvalue weighted by Crippen LogP contribution is 2.28. The molecule has 4 nitrogen and oxygen atoms in total. The van der Waals surface area contributed by atoms with Crippen molar-refractivity contribution in [3.05, 3.63) is 28.8 Å². The molecule has 5 heteroatoms. The van der Waals surface area contributed by atoms with Crippen molar-refractivity contribution in [2.24, 2.45) is 5.73 Å². The van der Waals surface area contributed by atoms with Gasteiger partial charge >= 0.3 is 0 Å². The zero-order chi connectivity index (χ0) is 15.1. The fraction of sp³-hybridized carbons (Fsp3) is 0.562. The summed E-state index contributed by atoms with van der Waals surface area (Å²) in [6.07, 6.45) is 6.50. The maximum absolute atomic E-state index is 12.3. The maximum Gasteiger partial charge on any atom is 0.255 e. The summed E-state index contributed by atoms with van der Waals surface area (Å²) in [7, 11) is 0. The fourth-order valence-corrected chi connectivity index (χ4v) is 2.71. The number of rotatable bonds is 7.